The van der Waals surface area contributed by atoms with E-state index in [0.717, 1.165) is 7.11 Å². The number of carboxylic acids is 1. The van der Waals surface area contributed by atoms with Crippen LogP contribution < -0.4 is 14.8 Å². The number of nitrogens with zero attached hydrogens (tertiary/aromatic N) is 2. The molecule has 3 aliphatic rings. The molecule has 60 heavy (non-hydrogen) atoms. The van der Waals surface area contributed by atoms with Crippen LogP contribution >= 0.6 is 0 Å². The third-order valence-corrected chi connectivity index (χ3v) is 13.9. The van der Waals surface area contributed by atoms with E-state index >= 15 is 0 Å². The highest BCUT2D eigenvalue weighted by Crippen LogP contribution is 2.51. The lowest BCUT2D eigenvalue weighted by Gasteiger charge is -2.30. The normalized spacial score (nSPS) is 17.8. The summed E-state index contributed by atoms with van der Waals surface area (Å²) in [5.74, 6) is -1.31. The van der Waals surface area contributed by atoms with Gasteiger partial charge in [0, 0.05) is 59.7 Å². The smallest absolute Gasteiger partial charge is 0.303 e. The molecule has 0 radical (unpaired) electrons. The van der Waals surface area contributed by atoms with Crippen LogP contribution in [0.1, 0.15) is 83.1 Å². The number of hydrogen-bond acceptors (Lipinski definition) is 12. The minimum Gasteiger partial charge on any atom is -0.481 e. The number of benzene rings is 2. The summed E-state index contributed by atoms with van der Waals surface area (Å²) in [4.78, 5) is 13.0. The molecule has 4 rings (SSSR count). The average Bonchev–Trinajstić information content (AvgIpc) is 3.34. The number of allylic oxidation sites excluding steroid dienone is 3. The summed E-state index contributed by atoms with van der Waals surface area (Å²) < 4.78 is 136. The lowest BCUT2D eigenvalue weighted by molar-refractivity contribution is -0.137. The van der Waals surface area contributed by atoms with Crippen molar-refractivity contribution in [1.29, 1.82) is 0 Å². The number of hydrogen-bond donors (Lipinski definition) is 4. The van der Waals surface area contributed by atoms with Gasteiger partial charge < -0.3 is 14.4 Å². The van der Waals surface area contributed by atoms with Crippen LogP contribution in [-0.4, -0.2) is 102 Å². The van der Waals surface area contributed by atoms with Crippen LogP contribution in [0.4, 0.5) is 5.69 Å². The first kappa shape index (κ1) is 48.7. The lowest BCUT2D eigenvalue weighted by atomic mass is 9.77. The van der Waals surface area contributed by atoms with Gasteiger partial charge in [0.2, 0.25) is 5.36 Å². The largest absolute Gasteiger partial charge is 0.481 e. The van der Waals surface area contributed by atoms with E-state index in [1.807, 2.05) is 39.8 Å². The second kappa shape index (κ2) is 19.0. The fourth-order valence-corrected chi connectivity index (χ4v) is 9.31. The van der Waals surface area contributed by atoms with Gasteiger partial charge in [-0.3, -0.25) is 22.6 Å². The zero-order valence-corrected chi connectivity index (χ0v) is 37.3. The van der Waals surface area contributed by atoms with Gasteiger partial charge in [0.1, 0.15) is 24.6 Å². The second-order valence-electron chi connectivity index (χ2n) is 15.8. The Bertz CT molecular complexity index is 2630. The summed E-state index contributed by atoms with van der Waals surface area (Å²) in [6.45, 7) is 8.13. The van der Waals surface area contributed by atoms with E-state index in [1.165, 1.54) is 18.2 Å². The van der Waals surface area contributed by atoms with E-state index in [4.69, 9.17) is 4.42 Å². The molecule has 1 atom stereocenters. The van der Waals surface area contributed by atoms with E-state index < -0.39 is 68.8 Å². The zero-order chi connectivity index (χ0) is 44.9. The van der Waals surface area contributed by atoms with Crippen molar-refractivity contribution in [3.63, 3.8) is 0 Å². The molecule has 0 amide bonds. The van der Waals surface area contributed by atoms with Gasteiger partial charge in [-0.2, -0.15) is 33.7 Å². The summed E-state index contributed by atoms with van der Waals surface area (Å²) >= 11 is 0. The summed E-state index contributed by atoms with van der Waals surface area (Å²) in [5, 5.41) is 10.1. The van der Waals surface area contributed by atoms with Gasteiger partial charge in [0.25, 0.3) is 40.5 Å². The van der Waals surface area contributed by atoms with Crippen LogP contribution in [0.25, 0.3) is 17.4 Å². The predicted molar refractivity (Wildman–Crippen MR) is 226 cm³/mol. The number of carboxylic acid groups (broad SMARTS) is 1. The highest BCUT2D eigenvalue weighted by molar-refractivity contribution is 7.86. The first-order valence-corrected chi connectivity index (χ1v) is 25.2. The zero-order valence-electron chi connectivity index (χ0n) is 34.1. The van der Waals surface area contributed by atoms with E-state index in [1.54, 1.807) is 39.8 Å². The minimum atomic E-state index is -4.63. The monoisotopic (exact) mass is 917 g/mol. The molecule has 0 spiro atoms. The molecule has 0 fully saturated rings. The summed E-state index contributed by atoms with van der Waals surface area (Å²) in [6, 6.07) is 11.2. The topological polar surface area (TPSA) is 263 Å². The minimum absolute atomic E-state index is 0.0122. The molecule has 0 saturated heterocycles. The van der Waals surface area contributed by atoms with E-state index in [9.17, 15) is 57.2 Å². The highest BCUT2D eigenvalue weighted by atomic mass is 32.2. The first-order chi connectivity index (χ1) is 27.6. The molecule has 0 bridgehead atoms. The molecule has 0 aromatic heterocycles. The van der Waals surface area contributed by atoms with E-state index in [2.05, 4.69) is 4.18 Å². The fraction of sp³-hybridized carbons (Fsp3) is 0.487. The molecular formula is C39H53N2O15S4+. The lowest BCUT2D eigenvalue weighted by Crippen LogP contribution is -2.33. The molecule has 1 aromatic rings. The van der Waals surface area contributed by atoms with Crippen molar-refractivity contribution < 1.29 is 65.8 Å². The Morgan fingerprint density at radius 3 is 2.08 bits per heavy atom. The molecule has 2 aliphatic heterocycles. The Morgan fingerprint density at radius 1 is 0.867 bits per heavy atom. The predicted octanol–water partition coefficient (Wildman–Crippen LogP) is 4.55. The number of anilines is 1. The van der Waals surface area contributed by atoms with Crippen molar-refractivity contribution in [2.75, 3.05) is 48.9 Å². The van der Waals surface area contributed by atoms with Crippen molar-refractivity contribution in [2.24, 2.45) is 0 Å². The first-order valence-electron chi connectivity index (χ1n) is 19.0. The molecular weight excluding hydrogens is 865 g/mol. The van der Waals surface area contributed by atoms with Gasteiger partial charge >= 0.3 is 5.97 Å². The molecule has 4 N–H and O–H groups in total. The molecule has 21 heteroatoms. The van der Waals surface area contributed by atoms with Gasteiger partial charge in [-0.05, 0) is 73.7 Å². The second-order valence-corrected chi connectivity index (χ2v) is 22.3. The maximum absolute atomic E-state index is 12.2. The average molecular weight is 918 g/mol. The molecule has 17 nitrogen and oxygen atoms in total. The number of rotatable bonds is 20. The number of carbonyl (C=O) groups is 1. The van der Waals surface area contributed by atoms with Crippen LogP contribution in [0, 0.1) is 0 Å². The van der Waals surface area contributed by atoms with Gasteiger partial charge in [-0.1, -0.05) is 32.9 Å². The molecule has 1 aliphatic carbocycles. The Morgan fingerprint density at radius 2 is 1.50 bits per heavy atom. The molecule has 332 valence electrons. The van der Waals surface area contributed by atoms with Crippen molar-refractivity contribution in [1.82, 2.24) is 4.58 Å². The maximum Gasteiger partial charge on any atom is 0.303 e. The van der Waals surface area contributed by atoms with Crippen LogP contribution in [0.2, 0.25) is 0 Å². The van der Waals surface area contributed by atoms with Crippen LogP contribution in [0.15, 0.2) is 69.6 Å². The number of aliphatic carboxylic acids is 1. The Hall–Kier alpha value is -3.96. The quantitative estimate of drug-likeness (QED) is 0.0688. The summed E-state index contributed by atoms with van der Waals surface area (Å²) in [5.41, 5.74) is 1.45. The Labute approximate surface area is 351 Å². The van der Waals surface area contributed by atoms with Crippen molar-refractivity contribution in [3.05, 3.63) is 82.6 Å². The van der Waals surface area contributed by atoms with E-state index in [-0.39, 0.29) is 68.8 Å². The van der Waals surface area contributed by atoms with Gasteiger partial charge in [0.15, 0.2) is 0 Å². The Kier molecular flexibility index (Phi) is 15.4. The van der Waals surface area contributed by atoms with Crippen LogP contribution in [-0.2, 0) is 60.3 Å². The van der Waals surface area contributed by atoms with Crippen molar-refractivity contribution in [2.45, 2.75) is 81.9 Å². The highest BCUT2D eigenvalue weighted by Gasteiger charge is 2.43. The fourth-order valence-electron chi connectivity index (χ4n) is 7.17. The maximum atomic E-state index is 12.2. The molecule has 1 aromatic carbocycles. The summed E-state index contributed by atoms with van der Waals surface area (Å²) in [7, 11) is -15.9. The molecule has 1 unspecified atom stereocenters. The SMILES string of the molecule is COS(=O)(=O)CCC[N+](CCCS(=O)(=O)O)=c1ccc2c(C=CC=C3N(CCCS(=O)(=O)O)c4ccc(S(=O)(=O)O)cc4C3(C)CCCC(=O)O)cc(C(C)(C)C)oc-2c1. The standard InChI is InChI=1S/C39H52N2O15S4/c1-38(2,3)36-25-28(31-16-14-29(26-34(31)56-36)40(19-8-22-57(44,45)46)20-9-24-59(50,51)55-5)11-6-12-35-39(4,18-7-13-37(42)43)32-27-30(60(52,53)54)15-17-33(32)41(35)21-10-23-58(47,48)49/h6,11-12,14-17,25-27H,7-10,13,18-24H2,1-5H3,(H3-,42,43,44,45,46,47,48,49,52,53,54)/p+1. The van der Waals surface area contributed by atoms with Crippen molar-refractivity contribution >= 4 is 58.2 Å². The third kappa shape index (κ3) is 13.3. The number of fused-ring (bicyclic) bond motifs is 2. The Balaban J connectivity index is 1.90. The van der Waals surface area contributed by atoms with Gasteiger partial charge in [0.05, 0.1) is 35.3 Å². The third-order valence-electron chi connectivity index (χ3n) is 10.2. The molecule has 0 saturated carbocycles. The van der Waals surface area contributed by atoms with Gasteiger partial charge in [-0.25, -0.2) is 4.58 Å². The molecule has 2 heterocycles. The van der Waals surface area contributed by atoms with Crippen molar-refractivity contribution in [3.8, 4) is 11.3 Å². The van der Waals surface area contributed by atoms with Crippen LogP contribution in [0.5, 0.6) is 0 Å². The van der Waals surface area contributed by atoms with Crippen LogP contribution in [0.3, 0.4) is 0 Å². The van der Waals surface area contributed by atoms with E-state index in [0.29, 0.717) is 45.0 Å². The summed E-state index contributed by atoms with van der Waals surface area (Å²) in [6.07, 6.45) is 5.79. The van der Waals surface area contributed by atoms with Gasteiger partial charge in [-0.15, -0.1) is 0 Å².